The maximum atomic E-state index is 12.8. The van der Waals surface area contributed by atoms with Gasteiger partial charge in [-0.15, -0.1) is 0 Å². The van der Waals surface area contributed by atoms with Crippen LogP contribution >= 0.6 is 0 Å². The van der Waals surface area contributed by atoms with E-state index in [0.29, 0.717) is 5.56 Å². The van der Waals surface area contributed by atoms with Crippen molar-refractivity contribution in [2.24, 2.45) is 0 Å². The van der Waals surface area contributed by atoms with Crippen molar-refractivity contribution in [3.63, 3.8) is 0 Å². The molecular formula is C45H85N2O2+. The minimum atomic E-state index is 0.0214. The van der Waals surface area contributed by atoms with Crippen LogP contribution in [0.25, 0.3) is 0 Å². The lowest BCUT2D eigenvalue weighted by Gasteiger charge is -2.35. The average Bonchev–Trinajstić information content (AvgIpc) is 3.11. The van der Waals surface area contributed by atoms with Crippen molar-refractivity contribution in [3.05, 3.63) is 29.8 Å². The lowest BCUT2D eigenvalue weighted by Crippen LogP contribution is -2.50. The Balaban J connectivity index is 2.25. The van der Waals surface area contributed by atoms with E-state index in [4.69, 9.17) is 4.74 Å². The highest BCUT2D eigenvalue weighted by Gasteiger charge is 2.21. The minimum absolute atomic E-state index is 0.0214. The molecule has 0 spiro atoms. The van der Waals surface area contributed by atoms with Crippen LogP contribution in [0.15, 0.2) is 24.3 Å². The van der Waals surface area contributed by atoms with Crippen molar-refractivity contribution in [2.45, 2.75) is 206 Å². The molecule has 0 atom stereocenters. The second-order valence-electron chi connectivity index (χ2n) is 15.7. The molecule has 4 nitrogen and oxygen atoms in total. The number of rotatable bonds is 37. The summed E-state index contributed by atoms with van der Waals surface area (Å²) in [5, 5.41) is 3.20. The maximum Gasteiger partial charge on any atom is 0.251 e. The first-order chi connectivity index (χ1) is 24.0. The molecule has 1 N–H and O–H groups in total. The Hall–Kier alpha value is -1.55. The Labute approximate surface area is 306 Å². The minimum Gasteiger partial charge on any atom is -0.497 e. The topological polar surface area (TPSA) is 38.3 Å². The van der Waals surface area contributed by atoms with Gasteiger partial charge in [0.15, 0.2) is 0 Å². The Morgan fingerprint density at radius 3 is 1.10 bits per heavy atom. The van der Waals surface area contributed by atoms with E-state index in [0.717, 1.165) is 23.3 Å². The number of hydrogen-bond donors (Lipinski definition) is 1. The normalized spacial score (nSPS) is 11.7. The number of benzene rings is 1. The number of quaternary nitrogens is 1. The average molecular weight is 686 g/mol. The molecule has 1 rings (SSSR count). The Kier molecular flexibility index (Phi) is 31.2. The third kappa shape index (κ3) is 27.8. The van der Waals surface area contributed by atoms with E-state index >= 15 is 0 Å². The summed E-state index contributed by atoms with van der Waals surface area (Å²) in [6.07, 6.45) is 42.3. The molecule has 0 unspecified atom stereocenters. The Bertz CT molecular complexity index is 805. The number of ether oxygens (including phenoxy) is 1. The number of likely N-dealkylation sites (N-methyl/N-ethyl adjacent to an activating group) is 1. The number of methoxy groups -OCH3 is 1. The number of nitrogens with one attached hydrogen (secondary N) is 1. The maximum absolute atomic E-state index is 12.8. The molecule has 0 aliphatic carbocycles. The molecule has 0 fully saturated rings. The molecule has 49 heavy (non-hydrogen) atoms. The summed E-state index contributed by atoms with van der Waals surface area (Å²) in [5.74, 6) is 0.806. The van der Waals surface area contributed by atoms with Crippen molar-refractivity contribution in [1.29, 1.82) is 0 Å². The fourth-order valence-electron chi connectivity index (χ4n) is 7.35. The number of carbonyl (C=O) groups is 1. The second kappa shape index (κ2) is 33.6. The number of carbonyl (C=O) groups excluding carboxylic acids is 1. The molecule has 286 valence electrons. The van der Waals surface area contributed by atoms with Gasteiger partial charge in [-0.3, -0.25) is 4.79 Å². The zero-order chi connectivity index (χ0) is 35.5. The highest BCUT2D eigenvalue weighted by Crippen LogP contribution is 2.17. The fraction of sp³-hybridized carbons (Fsp3) is 0.844. The molecule has 4 heteroatoms. The predicted octanol–water partition coefficient (Wildman–Crippen LogP) is 13.6. The summed E-state index contributed by atoms with van der Waals surface area (Å²) in [6.45, 7) is 8.81. The van der Waals surface area contributed by atoms with E-state index < -0.39 is 0 Å². The monoisotopic (exact) mass is 686 g/mol. The highest BCUT2D eigenvalue weighted by atomic mass is 16.5. The van der Waals surface area contributed by atoms with Crippen LogP contribution in [0.1, 0.15) is 217 Å². The van der Waals surface area contributed by atoms with Crippen LogP contribution in [0.4, 0.5) is 0 Å². The Morgan fingerprint density at radius 1 is 0.490 bits per heavy atom. The molecule has 0 saturated heterocycles. The smallest absolute Gasteiger partial charge is 0.251 e. The van der Waals surface area contributed by atoms with Crippen LogP contribution in [0.5, 0.6) is 5.75 Å². The summed E-state index contributed by atoms with van der Waals surface area (Å²) >= 11 is 0. The van der Waals surface area contributed by atoms with E-state index in [9.17, 15) is 4.79 Å². The molecule has 0 radical (unpaired) electrons. The number of unbranched alkanes of at least 4 members (excludes halogenated alkanes) is 28. The van der Waals surface area contributed by atoms with E-state index in [1.165, 1.54) is 206 Å². The largest absolute Gasteiger partial charge is 0.497 e. The molecule has 0 saturated carbocycles. The lowest BCUT2D eigenvalue weighted by molar-refractivity contribution is -0.908. The van der Waals surface area contributed by atoms with Crippen molar-refractivity contribution < 1.29 is 14.0 Å². The van der Waals surface area contributed by atoms with Crippen LogP contribution in [0.2, 0.25) is 0 Å². The first kappa shape index (κ1) is 45.5. The quantitative estimate of drug-likeness (QED) is 0.0559. The molecular weight excluding hydrogens is 601 g/mol. The zero-order valence-corrected chi connectivity index (χ0v) is 33.6. The van der Waals surface area contributed by atoms with Crippen molar-refractivity contribution >= 4 is 5.91 Å². The van der Waals surface area contributed by atoms with Gasteiger partial charge in [0.2, 0.25) is 0 Å². The van der Waals surface area contributed by atoms with Crippen LogP contribution in [-0.4, -0.2) is 50.7 Å². The van der Waals surface area contributed by atoms with E-state index in [1.807, 2.05) is 24.3 Å². The molecule has 0 aromatic heterocycles. The summed E-state index contributed by atoms with van der Waals surface area (Å²) in [6, 6.07) is 7.44. The van der Waals surface area contributed by atoms with Gasteiger partial charge in [0.1, 0.15) is 5.75 Å². The predicted molar refractivity (Wildman–Crippen MR) is 216 cm³/mol. The van der Waals surface area contributed by atoms with Crippen molar-refractivity contribution in [3.8, 4) is 5.75 Å². The van der Waals surface area contributed by atoms with Gasteiger partial charge in [-0.2, -0.15) is 0 Å². The van der Waals surface area contributed by atoms with Gasteiger partial charge < -0.3 is 14.5 Å². The molecule has 0 bridgehead atoms. The number of nitrogens with zero attached hydrogens (tertiary/aromatic N) is 1. The molecule has 1 amide bonds. The van der Waals surface area contributed by atoms with Gasteiger partial charge in [0.05, 0.1) is 40.3 Å². The molecule has 0 aliphatic rings. The molecule has 1 aromatic rings. The van der Waals surface area contributed by atoms with E-state index in [1.54, 1.807) is 7.11 Å². The van der Waals surface area contributed by atoms with Gasteiger partial charge in [-0.25, -0.2) is 0 Å². The zero-order valence-electron chi connectivity index (χ0n) is 33.6. The van der Waals surface area contributed by atoms with Gasteiger partial charge in [-0.05, 0) is 49.9 Å². The standard InChI is InChI=1S/C45H84N2O2/c1-5-7-9-11-13-15-17-19-21-23-25-27-29-31-33-40-47(3,42-39-46-45(48)43-35-37-44(49-4)38-36-43)41-34-32-30-28-26-24-22-20-18-16-14-12-10-8-6-2/h35-38H,5-34,39-42H2,1-4H3/p+1. The van der Waals surface area contributed by atoms with Crippen LogP contribution in [0, 0.1) is 0 Å². The lowest BCUT2D eigenvalue weighted by atomic mass is 10.0. The van der Waals surface area contributed by atoms with Crippen LogP contribution in [-0.2, 0) is 0 Å². The first-order valence-electron chi connectivity index (χ1n) is 21.8. The second-order valence-corrected chi connectivity index (χ2v) is 15.7. The molecule has 0 heterocycles. The van der Waals surface area contributed by atoms with Gasteiger partial charge in [0, 0.05) is 5.56 Å². The van der Waals surface area contributed by atoms with Crippen LogP contribution in [0.3, 0.4) is 0 Å². The van der Waals surface area contributed by atoms with Gasteiger partial charge in [-0.1, -0.05) is 181 Å². The fourth-order valence-corrected chi connectivity index (χ4v) is 7.35. The highest BCUT2D eigenvalue weighted by molar-refractivity contribution is 5.94. The van der Waals surface area contributed by atoms with E-state index in [2.05, 4.69) is 26.2 Å². The summed E-state index contributed by atoms with van der Waals surface area (Å²) in [5.41, 5.74) is 0.708. The van der Waals surface area contributed by atoms with Gasteiger partial charge >= 0.3 is 0 Å². The number of hydrogen-bond acceptors (Lipinski definition) is 2. The number of amides is 1. The van der Waals surface area contributed by atoms with Crippen molar-refractivity contribution in [2.75, 3.05) is 40.3 Å². The van der Waals surface area contributed by atoms with Crippen LogP contribution < -0.4 is 10.1 Å². The first-order valence-corrected chi connectivity index (χ1v) is 21.8. The van der Waals surface area contributed by atoms with Crippen molar-refractivity contribution in [1.82, 2.24) is 5.32 Å². The third-order valence-corrected chi connectivity index (χ3v) is 10.9. The molecule has 1 aromatic carbocycles. The summed E-state index contributed by atoms with van der Waals surface area (Å²) < 4.78 is 6.33. The van der Waals surface area contributed by atoms with Gasteiger partial charge in [0.25, 0.3) is 5.91 Å². The van der Waals surface area contributed by atoms with E-state index in [-0.39, 0.29) is 5.91 Å². The summed E-state index contributed by atoms with van der Waals surface area (Å²) in [7, 11) is 4.10. The summed E-state index contributed by atoms with van der Waals surface area (Å²) in [4.78, 5) is 12.8. The molecule has 0 aliphatic heterocycles. The third-order valence-electron chi connectivity index (χ3n) is 10.9. The SMILES string of the molecule is CCCCCCCCCCCCCCCCC[N+](C)(CCCCCCCCCCCCCCCCC)CCNC(=O)c1ccc(OC)cc1. The Morgan fingerprint density at radius 2 is 0.796 bits per heavy atom.